The molecule has 1 saturated heterocycles. The average molecular weight is 585 g/mol. The van der Waals surface area contributed by atoms with Gasteiger partial charge in [0.1, 0.15) is 5.75 Å². The number of amides is 1. The van der Waals surface area contributed by atoms with Gasteiger partial charge in [-0.15, -0.1) is 0 Å². The van der Waals surface area contributed by atoms with E-state index in [-0.39, 0.29) is 36.4 Å². The fourth-order valence-electron chi connectivity index (χ4n) is 7.88. The molecule has 1 aromatic rings. The lowest BCUT2D eigenvalue weighted by Gasteiger charge is -2.52. The monoisotopic (exact) mass is 584 g/mol. The van der Waals surface area contributed by atoms with Gasteiger partial charge in [0.2, 0.25) is 5.91 Å². The molecular formula is C30H40N4O8. The van der Waals surface area contributed by atoms with Gasteiger partial charge in [0.25, 0.3) is 0 Å². The normalized spacial score (nSPS) is 35.1. The summed E-state index contributed by atoms with van der Waals surface area (Å²) in [5.74, 6) is -10.4. The third kappa shape index (κ3) is 4.47. The first-order chi connectivity index (χ1) is 19.6. The first-order valence-electron chi connectivity index (χ1n) is 14.4. The van der Waals surface area contributed by atoms with E-state index in [9.17, 15) is 34.2 Å². The number of primary amides is 1. The maximum atomic E-state index is 14.2. The van der Waals surface area contributed by atoms with Crippen LogP contribution in [0.25, 0.3) is 0 Å². The minimum atomic E-state index is -2.74. The van der Waals surface area contributed by atoms with Crippen molar-refractivity contribution in [2.45, 2.75) is 57.1 Å². The zero-order valence-electron chi connectivity index (χ0n) is 24.9. The van der Waals surface area contributed by atoms with Crippen LogP contribution in [0.4, 0.5) is 5.69 Å². The zero-order chi connectivity index (χ0) is 31.0. The molecule has 0 spiro atoms. The predicted octanol–water partition coefficient (Wildman–Crippen LogP) is -0.458. The average Bonchev–Trinajstić information content (AvgIpc) is 2.86. The summed E-state index contributed by atoms with van der Waals surface area (Å²) in [6.45, 7) is 5.57. The van der Waals surface area contributed by atoms with Gasteiger partial charge in [-0.05, 0) is 58.3 Å². The maximum Gasteiger partial charge on any atom is 0.235 e. The number of hydrogen-bond acceptors (Lipinski definition) is 11. The van der Waals surface area contributed by atoms with Gasteiger partial charge in [0, 0.05) is 50.9 Å². The number of hydrogen-bond donors (Lipinski definition) is 3. The fourth-order valence-corrected chi connectivity index (χ4v) is 7.88. The Morgan fingerprint density at radius 2 is 1.71 bits per heavy atom. The number of ketones is 4. The molecule has 12 nitrogen and oxygen atoms in total. The second-order valence-electron chi connectivity index (χ2n) is 12.9. The minimum absolute atomic E-state index is 0.00656. The molecule has 1 aromatic carbocycles. The summed E-state index contributed by atoms with van der Waals surface area (Å²) in [6, 6.07) is 0.732. The number of morpholine rings is 1. The Bertz CT molecular complexity index is 1370. The second kappa shape index (κ2) is 10.5. The van der Waals surface area contributed by atoms with E-state index in [1.165, 1.54) is 4.90 Å². The van der Waals surface area contributed by atoms with E-state index in [1.807, 2.05) is 38.9 Å². The number of phenolic OH excluding ortho intramolecular Hbond substituents is 1. The molecule has 2 saturated carbocycles. The summed E-state index contributed by atoms with van der Waals surface area (Å²) in [4.78, 5) is 72.7. The summed E-state index contributed by atoms with van der Waals surface area (Å²) >= 11 is 0. The molecule has 42 heavy (non-hydrogen) atoms. The summed E-state index contributed by atoms with van der Waals surface area (Å²) in [5, 5.41) is 23.3. The molecule has 0 bridgehead atoms. The summed E-state index contributed by atoms with van der Waals surface area (Å²) < 4.78 is 5.83. The summed E-state index contributed by atoms with van der Waals surface area (Å²) in [5.41, 5.74) is 4.49. The fraction of sp³-hybridized carbons (Fsp3) is 0.633. The number of nitrogens with zero attached hydrogens (tertiary/aromatic N) is 3. The summed E-state index contributed by atoms with van der Waals surface area (Å²) in [7, 11) is 6.80. The van der Waals surface area contributed by atoms with Gasteiger partial charge in [-0.2, -0.15) is 0 Å². The number of benzene rings is 1. The van der Waals surface area contributed by atoms with Crippen molar-refractivity contribution in [1.29, 1.82) is 0 Å². The molecule has 3 aliphatic carbocycles. The molecule has 5 rings (SSSR count). The van der Waals surface area contributed by atoms with Gasteiger partial charge >= 0.3 is 0 Å². The van der Waals surface area contributed by atoms with Crippen molar-refractivity contribution in [3.05, 3.63) is 22.8 Å². The van der Waals surface area contributed by atoms with Gasteiger partial charge in [-0.3, -0.25) is 33.8 Å². The van der Waals surface area contributed by atoms with E-state index in [2.05, 4.69) is 4.90 Å². The standard InChI is InChI=1S/C30H40N4O8/c1-13-10-34(11-14(2)42-13)12-16-9-19(32(3)4)17-7-15-8-18-23(33(5)6)26(37)22(29(31)40)28(39)30(18,41)27(38)20(15)25(36)21(17)24(16)35/h9,13-15,18,20,22-23,35,41H,7-8,10-12H2,1-6H3,(H2,31,40)/t13?,14?,15-,18-,20?,22?,23-,30-/m0/s1. The van der Waals surface area contributed by atoms with Gasteiger partial charge in [-0.1, -0.05) is 0 Å². The molecule has 0 aromatic heterocycles. The van der Waals surface area contributed by atoms with Crippen LogP contribution in [0, 0.1) is 23.7 Å². The maximum absolute atomic E-state index is 14.2. The van der Waals surface area contributed by atoms with Gasteiger partial charge in [0.05, 0.1) is 29.7 Å². The highest BCUT2D eigenvalue weighted by atomic mass is 16.5. The minimum Gasteiger partial charge on any atom is -0.507 e. The lowest BCUT2D eigenvalue weighted by Crippen LogP contribution is -2.74. The quantitative estimate of drug-likeness (QED) is 0.383. The smallest absolute Gasteiger partial charge is 0.235 e. The van der Waals surface area contributed by atoms with Crippen molar-refractivity contribution < 1.29 is 38.9 Å². The molecule has 4 aliphatic rings. The number of Topliss-reactive ketones (excluding diaryl/α,β-unsaturated/α-hetero) is 4. The highest BCUT2D eigenvalue weighted by Gasteiger charge is 2.69. The Morgan fingerprint density at radius 1 is 1.10 bits per heavy atom. The van der Waals surface area contributed by atoms with Gasteiger partial charge in [-0.25, -0.2) is 0 Å². The number of phenols is 1. The molecule has 12 heteroatoms. The Balaban J connectivity index is 1.60. The zero-order valence-corrected chi connectivity index (χ0v) is 24.9. The molecular weight excluding hydrogens is 544 g/mol. The van der Waals surface area contributed by atoms with Crippen LogP contribution in [0.2, 0.25) is 0 Å². The molecule has 1 aliphatic heterocycles. The van der Waals surface area contributed by atoms with E-state index in [4.69, 9.17) is 10.5 Å². The third-order valence-corrected chi connectivity index (χ3v) is 9.49. The van der Waals surface area contributed by atoms with Crippen LogP contribution in [-0.2, 0) is 36.9 Å². The number of aromatic hydroxyl groups is 1. The molecule has 1 heterocycles. The van der Waals surface area contributed by atoms with Gasteiger partial charge < -0.3 is 25.6 Å². The topological polar surface area (TPSA) is 171 Å². The van der Waals surface area contributed by atoms with E-state index in [0.717, 1.165) is 5.69 Å². The molecule has 3 fully saturated rings. The highest BCUT2D eigenvalue weighted by molar-refractivity contribution is 6.32. The van der Waals surface area contributed by atoms with E-state index in [1.54, 1.807) is 14.1 Å². The largest absolute Gasteiger partial charge is 0.507 e. The van der Waals surface area contributed by atoms with Gasteiger partial charge in [0.15, 0.2) is 34.7 Å². The highest BCUT2D eigenvalue weighted by Crippen LogP contribution is 2.52. The number of likely N-dealkylation sites (N-methyl/N-ethyl adjacent to an activating group) is 1. The molecule has 1 amide bonds. The van der Waals surface area contributed by atoms with Crippen LogP contribution in [0.1, 0.15) is 41.8 Å². The number of aliphatic hydroxyl groups is 1. The molecule has 8 atom stereocenters. The molecule has 4 unspecified atom stereocenters. The molecule has 0 radical (unpaired) electrons. The summed E-state index contributed by atoms with van der Waals surface area (Å²) in [6.07, 6.45) is 0.225. The van der Waals surface area contributed by atoms with Crippen LogP contribution >= 0.6 is 0 Å². The number of anilines is 1. The predicted molar refractivity (Wildman–Crippen MR) is 151 cm³/mol. The number of carbonyl (C=O) groups excluding carboxylic acids is 5. The number of ether oxygens (including phenoxy) is 1. The third-order valence-electron chi connectivity index (χ3n) is 9.49. The van der Waals surface area contributed by atoms with Crippen molar-refractivity contribution in [2.75, 3.05) is 46.2 Å². The van der Waals surface area contributed by atoms with Crippen molar-refractivity contribution >= 4 is 34.7 Å². The van der Waals surface area contributed by atoms with E-state index < -0.39 is 64.4 Å². The number of carbonyl (C=O) groups is 5. The van der Waals surface area contributed by atoms with Crippen LogP contribution in [-0.4, -0.2) is 114 Å². The van der Waals surface area contributed by atoms with Crippen LogP contribution in [0.3, 0.4) is 0 Å². The second-order valence-corrected chi connectivity index (χ2v) is 12.9. The SMILES string of the molecule is CC1CN(Cc2cc(N(C)C)c3c(c2O)C(=O)C2C(=O)[C@]4(O)C(=O)C(C(N)=O)C(=O)[C@@H](N(C)C)[C@@H]4C[C@@H]2C3)CC(C)O1. The van der Waals surface area contributed by atoms with Crippen molar-refractivity contribution in [1.82, 2.24) is 9.80 Å². The first-order valence-corrected chi connectivity index (χ1v) is 14.4. The molecule has 4 N–H and O–H groups in total. The van der Waals surface area contributed by atoms with E-state index >= 15 is 0 Å². The first kappa shape index (κ1) is 30.3. The molecule has 228 valence electrons. The van der Waals surface area contributed by atoms with Crippen LogP contribution in [0.15, 0.2) is 6.07 Å². The Kier molecular flexibility index (Phi) is 7.58. The number of nitrogens with two attached hydrogens (primary N) is 1. The van der Waals surface area contributed by atoms with Crippen molar-refractivity contribution in [3.8, 4) is 5.75 Å². The van der Waals surface area contributed by atoms with E-state index in [0.29, 0.717) is 30.8 Å². The van der Waals surface area contributed by atoms with Crippen LogP contribution in [0.5, 0.6) is 5.75 Å². The Labute approximate surface area is 244 Å². The number of rotatable bonds is 5. The van der Waals surface area contributed by atoms with Crippen LogP contribution < -0.4 is 10.6 Å². The Hall–Kier alpha value is -3.19. The van der Waals surface area contributed by atoms with Crippen molar-refractivity contribution in [2.24, 2.45) is 29.4 Å². The van der Waals surface area contributed by atoms with Crippen molar-refractivity contribution in [3.63, 3.8) is 0 Å². The lowest BCUT2D eigenvalue weighted by atomic mass is 9.52. The number of fused-ring (bicyclic) bond motifs is 3. The lowest BCUT2D eigenvalue weighted by molar-refractivity contribution is -0.181. The Morgan fingerprint density at radius 3 is 2.26 bits per heavy atom.